The number of likely N-dealkylation sites (N-methyl/N-ethyl adjacent to an activating group) is 1. The Morgan fingerprint density at radius 1 is 1.33 bits per heavy atom. The number of para-hydroxylation sites is 1. The van der Waals surface area contributed by atoms with Crippen molar-refractivity contribution >= 4 is 21.6 Å². The highest BCUT2D eigenvalue weighted by Crippen LogP contribution is 2.22. The maximum atomic E-state index is 4.63. The summed E-state index contributed by atoms with van der Waals surface area (Å²) in [4.78, 5) is 6.86. The van der Waals surface area contributed by atoms with Gasteiger partial charge in [0.05, 0.1) is 15.2 Å². The minimum absolute atomic E-state index is 0.547. The third-order valence-electron chi connectivity index (χ3n) is 2.69. The van der Waals surface area contributed by atoms with Gasteiger partial charge in [0.2, 0.25) is 0 Å². The summed E-state index contributed by atoms with van der Waals surface area (Å²) < 4.78 is 1.29. The highest BCUT2D eigenvalue weighted by atomic mass is 32.1. The van der Waals surface area contributed by atoms with Crippen LogP contribution in [0.3, 0.4) is 0 Å². The van der Waals surface area contributed by atoms with Crippen LogP contribution in [0.4, 0.5) is 0 Å². The summed E-state index contributed by atoms with van der Waals surface area (Å²) in [5, 5.41) is 1.23. The Hall–Kier alpha value is -0.930. The largest absolute Gasteiger partial charge is 0.306 e. The van der Waals surface area contributed by atoms with Crippen molar-refractivity contribution in [3.05, 3.63) is 29.3 Å². The van der Waals surface area contributed by atoms with Crippen molar-refractivity contribution < 1.29 is 0 Å². The van der Waals surface area contributed by atoms with Gasteiger partial charge in [0.15, 0.2) is 0 Å². The van der Waals surface area contributed by atoms with Crippen molar-refractivity contribution in [1.82, 2.24) is 9.88 Å². The van der Waals surface area contributed by atoms with Crippen molar-refractivity contribution in [2.45, 2.75) is 19.4 Å². The molecule has 1 heterocycles. The number of nitrogens with zero attached hydrogens (tertiary/aromatic N) is 2. The number of hydrogen-bond acceptors (Lipinski definition) is 3. The van der Waals surface area contributed by atoms with Gasteiger partial charge < -0.3 is 4.90 Å². The molecule has 0 saturated heterocycles. The molecule has 80 valence electrons. The van der Waals surface area contributed by atoms with E-state index in [4.69, 9.17) is 0 Å². The summed E-state index contributed by atoms with van der Waals surface area (Å²) in [6.45, 7) is 2.23. The molecule has 2 nitrogen and oxygen atoms in total. The van der Waals surface area contributed by atoms with E-state index in [0.29, 0.717) is 6.04 Å². The summed E-state index contributed by atoms with van der Waals surface area (Å²) in [5.74, 6) is 0. The Labute approximate surface area is 94.6 Å². The fourth-order valence-electron chi connectivity index (χ4n) is 1.44. The van der Waals surface area contributed by atoms with Crippen LogP contribution in [0.25, 0.3) is 10.2 Å². The van der Waals surface area contributed by atoms with Crippen LogP contribution in [-0.4, -0.2) is 30.0 Å². The molecule has 1 aromatic carbocycles. The predicted molar refractivity (Wildman–Crippen MR) is 66.5 cm³/mol. The standard InChI is InChI=1S/C12H16N2S/c1-9(14(2)3)8-12-13-10-6-4-5-7-11(10)15-12/h4-7,9H,8H2,1-3H3. The molecule has 0 bridgehead atoms. The fraction of sp³-hybridized carbons (Fsp3) is 0.417. The van der Waals surface area contributed by atoms with E-state index in [-0.39, 0.29) is 0 Å². The van der Waals surface area contributed by atoms with E-state index < -0.39 is 0 Å². The monoisotopic (exact) mass is 220 g/mol. The second-order valence-electron chi connectivity index (χ2n) is 4.09. The molecule has 0 amide bonds. The highest BCUT2D eigenvalue weighted by molar-refractivity contribution is 7.18. The molecule has 1 atom stereocenters. The van der Waals surface area contributed by atoms with Gasteiger partial charge >= 0.3 is 0 Å². The van der Waals surface area contributed by atoms with E-state index in [9.17, 15) is 0 Å². The molecule has 0 aliphatic rings. The van der Waals surface area contributed by atoms with Gasteiger partial charge in [-0.25, -0.2) is 4.98 Å². The molecule has 3 heteroatoms. The Balaban J connectivity index is 2.22. The third-order valence-corrected chi connectivity index (χ3v) is 3.75. The SMILES string of the molecule is CC(Cc1nc2ccccc2s1)N(C)C. The molecule has 0 radical (unpaired) electrons. The zero-order chi connectivity index (χ0) is 10.8. The van der Waals surface area contributed by atoms with E-state index in [0.717, 1.165) is 11.9 Å². The normalized spacial score (nSPS) is 13.6. The number of fused-ring (bicyclic) bond motifs is 1. The molecule has 2 rings (SSSR count). The summed E-state index contributed by atoms with van der Waals surface area (Å²) in [6.07, 6.45) is 1.03. The third kappa shape index (κ3) is 2.36. The van der Waals surface area contributed by atoms with Crippen LogP contribution in [0.15, 0.2) is 24.3 Å². The number of thiazole rings is 1. The molecule has 15 heavy (non-hydrogen) atoms. The molecule has 0 N–H and O–H groups in total. The van der Waals surface area contributed by atoms with Crippen molar-refractivity contribution in [3.63, 3.8) is 0 Å². The average Bonchev–Trinajstić information content (AvgIpc) is 2.59. The first kappa shape index (κ1) is 10.6. The van der Waals surface area contributed by atoms with Crippen LogP contribution in [0.1, 0.15) is 11.9 Å². The molecule has 1 aromatic heterocycles. The zero-order valence-corrected chi connectivity index (χ0v) is 10.2. The van der Waals surface area contributed by atoms with Gasteiger partial charge in [-0.05, 0) is 33.2 Å². The van der Waals surface area contributed by atoms with Gasteiger partial charge in [0.25, 0.3) is 0 Å². The van der Waals surface area contributed by atoms with Crippen LogP contribution in [0.5, 0.6) is 0 Å². The number of rotatable bonds is 3. The van der Waals surface area contributed by atoms with E-state index >= 15 is 0 Å². The first-order valence-electron chi connectivity index (χ1n) is 5.17. The molecular weight excluding hydrogens is 204 g/mol. The van der Waals surface area contributed by atoms with Crippen molar-refractivity contribution in [2.24, 2.45) is 0 Å². The molecule has 0 aliphatic carbocycles. The van der Waals surface area contributed by atoms with Crippen LogP contribution < -0.4 is 0 Å². The van der Waals surface area contributed by atoms with E-state index in [1.807, 2.05) is 6.07 Å². The first-order valence-corrected chi connectivity index (χ1v) is 5.99. The van der Waals surface area contributed by atoms with Gasteiger partial charge in [-0.1, -0.05) is 12.1 Å². The van der Waals surface area contributed by atoms with Crippen molar-refractivity contribution in [2.75, 3.05) is 14.1 Å². The van der Waals surface area contributed by atoms with E-state index in [1.54, 1.807) is 11.3 Å². The second kappa shape index (κ2) is 4.29. The zero-order valence-electron chi connectivity index (χ0n) is 9.40. The van der Waals surface area contributed by atoms with Gasteiger partial charge in [-0.3, -0.25) is 0 Å². The lowest BCUT2D eigenvalue weighted by Gasteiger charge is -2.17. The van der Waals surface area contributed by atoms with Crippen LogP contribution in [0, 0.1) is 0 Å². The van der Waals surface area contributed by atoms with Crippen LogP contribution >= 0.6 is 11.3 Å². The Morgan fingerprint density at radius 2 is 2.07 bits per heavy atom. The highest BCUT2D eigenvalue weighted by Gasteiger charge is 2.09. The van der Waals surface area contributed by atoms with Crippen molar-refractivity contribution in [3.8, 4) is 0 Å². The fourth-order valence-corrected chi connectivity index (χ4v) is 2.53. The molecule has 0 spiro atoms. The van der Waals surface area contributed by atoms with Gasteiger partial charge in [0.1, 0.15) is 0 Å². The average molecular weight is 220 g/mol. The first-order chi connectivity index (χ1) is 7.16. The maximum Gasteiger partial charge on any atom is 0.0954 e. The topological polar surface area (TPSA) is 16.1 Å². The molecule has 1 unspecified atom stereocenters. The van der Waals surface area contributed by atoms with Gasteiger partial charge in [-0.2, -0.15) is 0 Å². The second-order valence-corrected chi connectivity index (χ2v) is 5.21. The quantitative estimate of drug-likeness (QED) is 0.790. The molecule has 0 aliphatic heterocycles. The molecular formula is C12H16N2S. The maximum absolute atomic E-state index is 4.63. The summed E-state index contributed by atoms with van der Waals surface area (Å²) in [7, 11) is 4.22. The number of benzene rings is 1. The lowest BCUT2D eigenvalue weighted by atomic mass is 10.2. The van der Waals surface area contributed by atoms with E-state index in [2.05, 4.69) is 49.1 Å². The smallest absolute Gasteiger partial charge is 0.0954 e. The molecule has 0 fully saturated rings. The number of aromatic nitrogens is 1. The Morgan fingerprint density at radius 3 is 2.73 bits per heavy atom. The van der Waals surface area contributed by atoms with Crippen LogP contribution in [-0.2, 0) is 6.42 Å². The molecule has 2 aromatic rings. The predicted octanol–water partition coefficient (Wildman–Crippen LogP) is 2.79. The number of hydrogen-bond donors (Lipinski definition) is 0. The summed E-state index contributed by atoms with van der Waals surface area (Å²) >= 11 is 1.81. The van der Waals surface area contributed by atoms with Crippen molar-refractivity contribution in [1.29, 1.82) is 0 Å². The van der Waals surface area contributed by atoms with Crippen LogP contribution in [0.2, 0.25) is 0 Å². The summed E-state index contributed by atoms with van der Waals surface area (Å²) in [5.41, 5.74) is 1.13. The Bertz CT molecular complexity index is 415. The Kier molecular flexibility index (Phi) is 3.03. The molecule has 0 saturated carbocycles. The van der Waals surface area contributed by atoms with Gasteiger partial charge in [-0.15, -0.1) is 11.3 Å². The summed E-state index contributed by atoms with van der Waals surface area (Å²) in [6, 6.07) is 8.87. The lowest BCUT2D eigenvalue weighted by molar-refractivity contribution is 0.312. The minimum Gasteiger partial charge on any atom is -0.306 e. The minimum atomic E-state index is 0.547. The van der Waals surface area contributed by atoms with E-state index in [1.165, 1.54) is 9.71 Å². The lowest BCUT2D eigenvalue weighted by Crippen LogP contribution is -2.26. The van der Waals surface area contributed by atoms with Gasteiger partial charge in [0, 0.05) is 12.5 Å².